The van der Waals surface area contributed by atoms with Crippen LogP contribution in [0.25, 0.3) is 0 Å². The highest BCUT2D eigenvalue weighted by atomic mass is 17.3. The molecule has 3 atom stereocenters. The van der Waals surface area contributed by atoms with E-state index in [9.17, 15) is 0 Å². The highest BCUT2D eigenvalue weighted by Crippen LogP contribution is 2.14. The summed E-state index contributed by atoms with van der Waals surface area (Å²) in [5, 5.41) is 0. The van der Waals surface area contributed by atoms with Crippen LogP contribution < -0.4 is 0 Å². The van der Waals surface area contributed by atoms with Gasteiger partial charge in [0.1, 0.15) is 0 Å². The predicted octanol–water partition coefficient (Wildman–Crippen LogP) is 7.96. The molecule has 0 rings (SSSR count). The molecule has 5 nitrogen and oxygen atoms in total. The van der Waals surface area contributed by atoms with Crippen LogP contribution in [0.5, 0.6) is 0 Å². The smallest absolute Gasteiger partial charge is 0.380 e. The second kappa shape index (κ2) is 22.1. The van der Waals surface area contributed by atoms with Gasteiger partial charge in [0, 0.05) is 6.10 Å². The normalized spacial score (nSPS) is 14.6. The van der Waals surface area contributed by atoms with Crippen molar-refractivity contribution in [1.29, 1.82) is 0 Å². The van der Waals surface area contributed by atoms with Crippen LogP contribution in [0, 0.1) is 0 Å². The molecular formula is C24H51BO5. The molecule has 0 aromatic rings. The molecule has 0 aliphatic rings. The largest absolute Gasteiger partial charge is 0.696 e. The highest BCUT2D eigenvalue weighted by Gasteiger charge is 2.29. The molecule has 0 N–H and O–H groups in total. The monoisotopic (exact) mass is 430 g/mol. The van der Waals surface area contributed by atoms with E-state index in [1.165, 1.54) is 57.8 Å². The van der Waals surface area contributed by atoms with Crippen molar-refractivity contribution in [3.8, 4) is 0 Å². The van der Waals surface area contributed by atoms with Gasteiger partial charge in [-0.15, -0.1) is 0 Å². The van der Waals surface area contributed by atoms with Crippen molar-refractivity contribution in [3.05, 3.63) is 0 Å². The average molecular weight is 430 g/mol. The summed E-state index contributed by atoms with van der Waals surface area (Å²) in [5.41, 5.74) is 0. The number of rotatable bonds is 23. The number of hydrogen-bond donors (Lipinski definition) is 0. The van der Waals surface area contributed by atoms with Crippen LogP contribution in [-0.4, -0.2) is 25.6 Å². The molecule has 0 amide bonds. The average Bonchev–Trinajstić information content (AvgIpc) is 2.73. The van der Waals surface area contributed by atoms with Crippen molar-refractivity contribution < 1.29 is 24.0 Å². The van der Waals surface area contributed by atoms with Gasteiger partial charge < -0.3 is 4.65 Å². The second-order valence-electron chi connectivity index (χ2n) is 8.79. The van der Waals surface area contributed by atoms with E-state index in [4.69, 9.17) is 24.0 Å². The summed E-state index contributed by atoms with van der Waals surface area (Å²) < 4.78 is 5.92. The van der Waals surface area contributed by atoms with Crippen molar-refractivity contribution in [2.75, 3.05) is 0 Å². The van der Waals surface area contributed by atoms with E-state index in [2.05, 4.69) is 20.8 Å². The molecule has 6 heteroatoms. The Morgan fingerprint density at radius 2 is 0.867 bits per heavy atom. The molecule has 0 aromatic carbocycles. The first-order chi connectivity index (χ1) is 14.5. The van der Waals surface area contributed by atoms with E-state index in [0.29, 0.717) is 0 Å². The third-order valence-electron chi connectivity index (χ3n) is 5.33. The third kappa shape index (κ3) is 19.8. The first kappa shape index (κ1) is 29.9. The summed E-state index contributed by atoms with van der Waals surface area (Å²) in [6.45, 7) is 12.8. The van der Waals surface area contributed by atoms with Crippen LogP contribution in [0.15, 0.2) is 0 Å². The van der Waals surface area contributed by atoms with Gasteiger partial charge in [0.05, 0.1) is 12.2 Å². The van der Waals surface area contributed by atoms with Gasteiger partial charge in [-0.1, -0.05) is 97.8 Å². The number of unbranched alkanes of at least 4 members (excludes halogenated alkanes) is 9. The lowest BCUT2D eigenvalue weighted by molar-refractivity contribution is -0.330. The van der Waals surface area contributed by atoms with Crippen LogP contribution in [0.1, 0.15) is 138 Å². The SMILES string of the molecule is CCCCCCC(C)OOB(OOC(C)CCCCCC)OC(C)CCCCCC. The lowest BCUT2D eigenvalue weighted by atomic mass is 10.1. The topological polar surface area (TPSA) is 46.2 Å². The minimum Gasteiger partial charge on any atom is -0.380 e. The molecular weight excluding hydrogens is 379 g/mol. The fourth-order valence-corrected chi connectivity index (χ4v) is 3.27. The van der Waals surface area contributed by atoms with Crippen molar-refractivity contribution in [2.24, 2.45) is 0 Å². The Hall–Kier alpha value is -0.135. The zero-order valence-electron chi connectivity index (χ0n) is 21.0. The molecule has 3 unspecified atom stereocenters. The molecule has 0 aliphatic heterocycles. The van der Waals surface area contributed by atoms with Gasteiger partial charge in [0.15, 0.2) is 0 Å². The maximum atomic E-state index is 5.92. The maximum Gasteiger partial charge on any atom is 0.696 e. The van der Waals surface area contributed by atoms with E-state index >= 15 is 0 Å². The Bertz CT molecular complexity index is 324. The van der Waals surface area contributed by atoms with Crippen LogP contribution >= 0.6 is 0 Å². The van der Waals surface area contributed by atoms with Gasteiger partial charge in [0.25, 0.3) is 0 Å². The Labute approximate surface area is 187 Å². The minimum atomic E-state index is -0.956. The van der Waals surface area contributed by atoms with Gasteiger partial charge in [0.2, 0.25) is 0 Å². The fraction of sp³-hybridized carbons (Fsp3) is 1.00. The summed E-state index contributed by atoms with van der Waals surface area (Å²) >= 11 is 0. The summed E-state index contributed by atoms with van der Waals surface area (Å²) in [6.07, 6.45) is 17.6. The molecule has 180 valence electrons. The molecule has 0 heterocycles. The van der Waals surface area contributed by atoms with E-state index in [1.807, 2.05) is 20.8 Å². The molecule has 0 aromatic heterocycles. The van der Waals surface area contributed by atoms with Gasteiger partial charge in [-0.25, -0.2) is 19.4 Å². The van der Waals surface area contributed by atoms with Crippen LogP contribution in [-0.2, 0) is 24.0 Å². The van der Waals surface area contributed by atoms with Gasteiger partial charge in [-0.05, 0) is 40.0 Å². The summed E-state index contributed by atoms with van der Waals surface area (Å²) in [6, 6.07) is 0. The van der Waals surface area contributed by atoms with Gasteiger partial charge in [-0.2, -0.15) is 0 Å². The van der Waals surface area contributed by atoms with Crippen LogP contribution in [0.4, 0.5) is 0 Å². The van der Waals surface area contributed by atoms with E-state index < -0.39 is 7.32 Å². The molecule has 0 spiro atoms. The molecule has 30 heavy (non-hydrogen) atoms. The Kier molecular flexibility index (Phi) is 22.0. The highest BCUT2D eigenvalue weighted by molar-refractivity contribution is 6.35. The molecule has 0 saturated carbocycles. The standard InChI is InChI=1S/C24H51BO5/c1-7-10-13-16-19-22(4)26-25(29-27-23(5)20-17-14-11-8-2)30-28-24(6)21-18-15-12-9-3/h22-24H,7-21H2,1-6H3. The van der Waals surface area contributed by atoms with Crippen molar-refractivity contribution >= 4 is 7.32 Å². The van der Waals surface area contributed by atoms with Gasteiger partial charge in [-0.3, -0.25) is 0 Å². The Morgan fingerprint density at radius 3 is 1.23 bits per heavy atom. The lowest BCUT2D eigenvalue weighted by Crippen LogP contribution is -2.34. The molecule has 0 aliphatic carbocycles. The first-order valence-electron chi connectivity index (χ1n) is 12.8. The summed E-state index contributed by atoms with van der Waals surface area (Å²) in [5.74, 6) is 0. The van der Waals surface area contributed by atoms with Gasteiger partial charge >= 0.3 is 7.32 Å². The predicted molar refractivity (Wildman–Crippen MR) is 126 cm³/mol. The zero-order valence-corrected chi connectivity index (χ0v) is 21.0. The van der Waals surface area contributed by atoms with E-state index in [-0.39, 0.29) is 18.3 Å². The lowest BCUT2D eigenvalue weighted by Gasteiger charge is -2.21. The molecule has 0 radical (unpaired) electrons. The molecule has 0 bridgehead atoms. The molecule has 0 saturated heterocycles. The quantitative estimate of drug-likeness (QED) is 0.0712. The maximum absolute atomic E-state index is 5.92. The van der Waals surface area contributed by atoms with Crippen molar-refractivity contribution in [3.63, 3.8) is 0 Å². The third-order valence-corrected chi connectivity index (χ3v) is 5.33. The second-order valence-corrected chi connectivity index (χ2v) is 8.79. The Morgan fingerprint density at radius 1 is 0.500 bits per heavy atom. The van der Waals surface area contributed by atoms with Crippen LogP contribution in [0.2, 0.25) is 0 Å². The summed E-state index contributed by atoms with van der Waals surface area (Å²) in [7, 11) is -0.956. The zero-order chi connectivity index (χ0) is 22.5. The number of hydrogen-bond acceptors (Lipinski definition) is 5. The minimum absolute atomic E-state index is 0.00267. The molecule has 0 fully saturated rings. The van der Waals surface area contributed by atoms with E-state index in [0.717, 1.165) is 38.5 Å². The van der Waals surface area contributed by atoms with E-state index in [1.54, 1.807) is 0 Å². The fourth-order valence-electron chi connectivity index (χ4n) is 3.27. The van der Waals surface area contributed by atoms with Crippen molar-refractivity contribution in [1.82, 2.24) is 0 Å². The summed E-state index contributed by atoms with van der Waals surface area (Å²) in [4.78, 5) is 22.1. The van der Waals surface area contributed by atoms with Crippen LogP contribution in [0.3, 0.4) is 0 Å². The first-order valence-corrected chi connectivity index (χ1v) is 12.8. The Balaban J connectivity index is 4.31. The van der Waals surface area contributed by atoms with Crippen molar-refractivity contribution in [2.45, 2.75) is 156 Å².